The van der Waals surface area contributed by atoms with E-state index in [0.29, 0.717) is 49.2 Å². The van der Waals surface area contributed by atoms with Crippen molar-refractivity contribution >= 4 is 17.8 Å². The lowest BCUT2D eigenvalue weighted by atomic mass is 10.1. The highest BCUT2D eigenvalue weighted by molar-refractivity contribution is 5.92. The maximum Gasteiger partial charge on any atom is 0.246 e. The van der Waals surface area contributed by atoms with E-state index in [9.17, 15) is 4.79 Å². The van der Waals surface area contributed by atoms with Crippen LogP contribution in [-0.2, 0) is 4.79 Å². The minimum atomic E-state index is -0.0592. The van der Waals surface area contributed by atoms with Gasteiger partial charge in [0.15, 0.2) is 23.1 Å². The summed E-state index contributed by atoms with van der Waals surface area (Å²) in [5, 5.41) is 12.5. The second-order valence-corrected chi connectivity index (χ2v) is 7.19. The van der Waals surface area contributed by atoms with Crippen molar-refractivity contribution in [2.75, 3.05) is 52.4 Å². The van der Waals surface area contributed by atoms with E-state index < -0.39 is 0 Å². The molecule has 11 nitrogen and oxygen atoms in total. The van der Waals surface area contributed by atoms with Crippen LogP contribution in [0.5, 0.6) is 17.2 Å². The first kappa shape index (κ1) is 22.1. The summed E-state index contributed by atoms with van der Waals surface area (Å²) in [6.07, 6.45) is 6.32. The van der Waals surface area contributed by atoms with Gasteiger partial charge in [0.1, 0.15) is 12.7 Å². The molecule has 0 radical (unpaired) electrons. The number of hydrogen-bond acceptors (Lipinski definition) is 9. The smallest absolute Gasteiger partial charge is 0.246 e. The van der Waals surface area contributed by atoms with Gasteiger partial charge in [-0.25, -0.2) is 9.67 Å². The van der Waals surface area contributed by atoms with Crippen molar-refractivity contribution in [2.45, 2.75) is 0 Å². The van der Waals surface area contributed by atoms with Crippen molar-refractivity contribution in [3.8, 4) is 23.1 Å². The van der Waals surface area contributed by atoms with Crippen LogP contribution < -0.4 is 19.1 Å². The fourth-order valence-corrected chi connectivity index (χ4v) is 3.56. The third kappa shape index (κ3) is 4.86. The van der Waals surface area contributed by atoms with Crippen LogP contribution in [0.1, 0.15) is 5.56 Å². The summed E-state index contributed by atoms with van der Waals surface area (Å²) in [6.45, 7) is 2.51. The third-order valence-electron chi connectivity index (χ3n) is 5.31. The number of nitrogens with zero attached hydrogens (tertiary/aromatic N) is 7. The zero-order chi connectivity index (χ0) is 23.2. The van der Waals surface area contributed by atoms with Gasteiger partial charge in [-0.15, -0.1) is 10.2 Å². The summed E-state index contributed by atoms with van der Waals surface area (Å²) in [5.41, 5.74) is 0.777. The Bertz CT molecular complexity index is 1080. The predicted molar refractivity (Wildman–Crippen MR) is 121 cm³/mol. The summed E-state index contributed by atoms with van der Waals surface area (Å²) >= 11 is 0. The first-order valence-electron chi connectivity index (χ1n) is 10.3. The molecule has 4 rings (SSSR count). The zero-order valence-electron chi connectivity index (χ0n) is 18.7. The molecule has 33 heavy (non-hydrogen) atoms. The second kappa shape index (κ2) is 9.98. The number of carbonyl (C=O) groups is 1. The third-order valence-corrected chi connectivity index (χ3v) is 5.31. The normalized spacial score (nSPS) is 13.9. The average molecular weight is 451 g/mol. The van der Waals surface area contributed by atoms with Crippen molar-refractivity contribution in [3.63, 3.8) is 0 Å². The number of benzene rings is 1. The van der Waals surface area contributed by atoms with Gasteiger partial charge in [-0.05, 0) is 35.9 Å². The van der Waals surface area contributed by atoms with Crippen LogP contribution >= 0.6 is 0 Å². The molecule has 0 aliphatic carbocycles. The summed E-state index contributed by atoms with van der Waals surface area (Å²) in [7, 11) is 4.67. The van der Waals surface area contributed by atoms with Gasteiger partial charge in [0.25, 0.3) is 0 Å². The molecule has 172 valence electrons. The lowest BCUT2D eigenvalue weighted by Gasteiger charge is -2.34. The van der Waals surface area contributed by atoms with Crippen molar-refractivity contribution in [2.24, 2.45) is 0 Å². The minimum Gasteiger partial charge on any atom is -0.493 e. The van der Waals surface area contributed by atoms with Crippen molar-refractivity contribution in [3.05, 3.63) is 48.6 Å². The van der Waals surface area contributed by atoms with Gasteiger partial charge in [0.05, 0.1) is 21.3 Å². The molecular formula is C22H25N7O4. The van der Waals surface area contributed by atoms with E-state index in [1.165, 1.54) is 6.33 Å². The summed E-state index contributed by atoms with van der Waals surface area (Å²) in [6, 6.07) is 7.33. The average Bonchev–Trinajstić information content (AvgIpc) is 3.42. The number of amides is 1. The minimum absolute atomic E-state index is 0.0592. The fourth-order valence-electron chi connectivity index (χ4n) is 3.56. The highest BCUT2D eigenvalue weighted by atomic mass is 16.5. The Morgan fingerprint density at radius 2 is 1.61 bits per heavy atom. The Morgan fingerprint density at radius 3 is 2.15 bits per heavy atom. The summed E-state index contributed by atoms with van der Waals surface area (Å²) < 4.78 is 17.6. The molecule has 0 saturated carbocycles. The molecule has 3 heterocycles. The Kier molecular flexibility index (Phi) is 6.67. The van der Waals surface area contributed by atoms with Gasteiger partial charge in [-0.2, -0.15) is 5.10 Å². The van der Waals surface area contributed by atoms with E-state index >= 15 is 0 Å². The Hall–Kier alpha value is -4.15. The lowest BCUT2D eigenvalue weighted by Crippen LogP contribution is -2.48. The zero-order valence-corrected chi connectivity index (χ0v) is 18.7. The van der Waals surface area contributed by atoms with E-state index in [4.69, 9.17) is 14.2 Å². The Labute approximate surface area is 191 Å². The highest BCUT2D eigenvalue weighted by Crippen LogP contribution is 2.38. The Morgan fingerprint density at radius 1 is 0.939 bits per heavy atom. The molecule has 0 unspecified atom stereocenters. The fraction of sp³-hybridized carbons (Fsp3) is 0.318. The number of carbonyl (C=O) groups excluding carboxylic acids is 1. The van der Waals surface area contributed by atoms with Gasteiger partial charge < -0.3 is 24.0 Å². The van der Waals surface area contributed by atoms with Gasteiger partial charge in [-0.3, -0.25) is 4.79 Å². The standard InChI is InChI=1S/C22H25N7O4/c1-31-17-12-16(13-18(32-2)22(17)33-3)4-7-21(30)28-10-8-27(9-11-28)19-5-6-20(26-25-19)29-15-23-14-24-29/h4-7,12-15H,8-11H2,1-3H3/b7-4+. The van der Waals surface area contributed by atoms with Crippen LogP contribution in [-0.4, -0.2) is 83.3 Å². The van der Waals surface area contributed by atoms with E-state index in [0.717, 1.165) is 11.4 Å². The molecule has 11 heteroatoms. The van der Waals surface area contributed by atoms with E-state index in [1.54, 1.807) is 56.6 Å². The first-order valence-corrected chi connectivity index (χ1v) is 10.3. The summed E-state index contributed by atoms with van der Waals surface area (Å²) in [4.78, 5) is 20.5. The molecule has 1 amide bonds. The maximum absolute atomic E-state index is 12.7. The van der Waals surface area contributed by atoms with Crippen LogP contribution in [0.25, 0.3) is 11.9 Å². The number of rotatable bonds is 7. The molecule has 0 N–H and O–H groups in total. The van der Waals surface area contributed by atoms with Gasteiger partial charge in [-0.1, -0.05) is 0 Å². The number of aromatic nitrogens is 5. The molecule has 2 aromatic heterocycles. The molecule has 1 fully saturated rings. The molecule has 3 aromatic rings. The van der Waals surface area contributed by atoms with E-state index in [1.807, 2.05) is 17.0 Å². The quantitative estimate of drug-likeness (QED) is 0.493. The van der Waals surface area contributed by atoms with Crippen LogP contribution in [0.3, 0.4) is 0 Å². The SMILES string of the molecule is COc1cc(/C=C/C(=O)N2CCN(c3ccc(-n4cncn4)nn3)CC2)cc(OC)c1OC. The number of ether oxygens (including phenoxy) is 3. The van der Waals surface area contributed by atoms with Gasteiger partial charge in [0, 0.05) is 32.3 Å². The molecule has 0 atom stereocenters. The second-order valence-electron chi connectivity index (χ2n) is 7.19. The van der Waals surface area contributed by atoms with Crippen molar-refractivity contribution in [1.82, 2.24) is 29.9 Å². The van der Waals surface area contributed by atoms with Crippen molar-refractivity contribution < 1.29 is 19.0 Å². The van der Waals surface area contributed by atoms with E-state index in [2.05, 4.69) is 25.2 Å². The van der Waals surface area contributed by atoms with Gasteiger partial charge in [0.2, 0.25) is 11.7 Å². The monoisotopic (exact) mass is 451 g/mol. The first-order chi connectivity index (χ1) is 16.1. The molecule has 0 bridgehead atoms. The number of hydrogen-bond donors (Lipinski definition) is 0. The number of methoxy groups -OCH3 is 3. The van der Waals surface area contributed by atoms with Crippen molar-refractivity contribution in [1.29, 1.82) is 0 Å². The maximum atomic E-state index is 12.7. The van der Waals surface area contributed by atoms with Gasteiger partial charge >= 0.3 is 0 Å². The lowest BCUT2D eigenvalue weighted by molar-refractivity contribution is -0.126. The number of piperazine rings is 1. The van der Waals surface area contributed by atoms with Crippen LogP contribution in [0.2, 0.25) is 0 Å². The molecule has 1 aliphatic heterocycles. The highest BCUT2D eigenvalue weighted by Gasteiger charge is 2.21. The molecular weight excluding hydrogens is 426 g/mol. The Balaban J connectivity index is 1.36. The largest absolute Gasteiger partial charge is 0.493 e. The van der Waals surface area contributed by atoms with Crippen LogP contribution in [0.15, 0.2) is 43.0 Å². The van der Waals surface area contributed by atoms with Crippen LogP contribution in [0.4, 0.5) is 5.82 Å². The topological polar surface area (TPSA) is 108 Å². The summed E-state index contributed by atoms with van der Waals surface area (Å²) in [5.74, 6) is 2.89. The predicted octanol–water partition coefficient (Wildman–Crippen LogP) is 1.45. The molecule has 1 aliphatic rings. The molecule has 0 spiro atoms. The van der Waals surface area contributed by atoms with E-state index in [-0.39, 0.29) is 5.91 Å². The molecule has 1 saturated heterocycles. The molecule has 1 aromatic carbocycles. The van der Waals surface area contributed by atoms with Crippen LogP contribution in [0, 0.1) is 0 Å². The number of anilines is 1.